The summed E-state index contributed by atoms with van der Waals surface area (Å²) in [4.78, 5) is 4.82. The third-order valence-corrected chi connectivity index (χ3v) is 14.4. The average Bonchev–Trinajstić information content (AvgIpc) is 3.76. The van der Waals surface area contributed by atoms with Crippen LogP contribution in [-0.2, 0) is 0 Å². The molecule has 0 saturated heterocycles. The van der Waals surface area contributed by atoms with E-state index in [0.29, 0.717) is 0 Å². The normalized spacial score (nSPS) is 11.6. The summed E-state index contributed by atoms with van der Waals surface area (Å²) < 4.78 is 2.55. The van der Waals surface area contributed by atoms with Crippen LogP contribution >= 0.6 is 11.3 Å². The number of rotatable bonds is 8. The van der Waals surface area contributed by atoms with E-state index in [0.717, 1.165) is 34.1 Å². The molecule has 0 aliphatic carbocycles. The van der Waals surface area contributed by atoms with Crippen molar-refractivity contribution in [3.05, 3.63) is 255 Å². The molecule has 67 heavy (non-hydrogen) atoms. The van der Waals surface area contributed by atoms with E-state index in [9.17, 15) is 0 Å². The van der Waals surface area contributed by atoms with Crippen molar-refractivity contribution in [2.75, 3.05) is 9.80 Å². The fourth-order valence-corrected chi connectivity index (χ4v) is 11.3. The van der Waals surface area contributed by atoms with Gasteiger partial charge in [-0.05, 0) is 151 Å². The fraction of sp³-hybridized carbons (Fsp3) is 0. The van der Waals surface area contributed by atoms with Gasteiger partial charge in [0.1, 0.15) is 0 Å². The summed E-state index contributed by atoms with van der Waals surface area (Å²) in [6.45, 7) is 0. The third kappa shape index (κ3) is 6.96. The maximum absolute atomic E-state index is 2.44. The van der Waals surface area contributed by atoms with Crippen LogP contribution in [0.25, 0.3) is 85.5 Å². The van der Waals surface area contributed by atoms with Gasteiger partial charge in [0.05, 0.1) is 5.69 Å². The van der Waals surface area contributed by atoms with Gasteiger partial charge < -0.3 is 9.80 Å². The van der Waals surface area contributed by atoms with E-state index < -0.39 is 0 Å². The Bertz CT molecular complexity index is 3980. The summed E-state index contributed by atoms with van der Waals surface area (Å²) in [5.74, 6) is 0. The molecule has 13 rings (SSSR count). The highest BCUT2D eigenvalue weighted by Crippen LogP contribution is 2.48. The molecule has 0 aliphatic rings. The molecule has 314 valence electrons. The van der Waals surface area contributed by atoms with Crippen LogP contribution in [-0.4, -0.2) is 0 Å². The number of nitrogens with zero attached hydrogens (tertiary/aromatic N) is 2. The monoisotopic (exact) mass is 870 g/mol. The molecule has 0 N–H and O–H groups in total. The van der Waals surface area contributed by atoms with E-state index in [1.54, 1.807) is 0 Å². The van der Waals surface area contributed by atoms with Crippen LogP contribution in [0.2, 0.25) is 0 Å². The van der Waals surface area contributed by atoms with E-state index in [1.807, 2.05) is 11.3 Å². The number of benzene rings is 12. The van der Waals surface area contributed by atoms with E-state index >= 15 is 0 Å². The topological polar surface area (TPSA) is 6.48 Å². The van der Waals surface area contributed by atoms with Gasteiger partial charge in [-0.15, -0.1) is 11.3 Å². The van der Waals surface area contributed by atoms with Crippen molar-refractivity contribution in [1.82, 2.24) is 0 Å². The van der Waals surface area contributed by atoms with Gasteiger partial charge in [0.15, 0.2) is 0 Å². The smallest absolute Gasteiger partial charge is 0.0554 e. The van der Waals surface area contributed by atoms with E-state index in [-0.39, 0.29) is 0 Å². The van der Waals surface area contributed by atoms with Gasteiger partial charge in [0, 0.05) is 54.0 Å². The van der Waals surface area contributed by atoms with E-state index in [4.69, 9.17) is 0 Å². The molecule has 0 radical (unpaired) electrons. The SMILES string of the molecule is c1ccc(-c2ccc3cc(N(c4ccccc4)c4ccc5cc6c(cc5c4)sc4cc(N(c5ccccc5)c5ccc7cc(-c8ccccc8)ccc7c5)c5ccccc5c46)ccc3c2)cc1. The molecule has 12 aromatic carbocycles. The summed E-state index contributed by atoms with van der Waals surface area (Å²) in [5, 5.41) is 12.4. The molecule has 0 spiro atoms. The molecule has 13 aromatic rings. The highest BCUT2D eigenvalue weighted by molar-refractivity contribution is 7.26. The van der Waals surface area contributed by atoms with Crippen molar-refractivity contribution < 1.29 is 0 Å². The van der Waals surface area contributed by atoms with Crippen molar-refractivity contribution in [2.24, 2.45) is 0 Å². The Kier molecular flexibility index (Phi) is 9.40. The quantitative estimate of drug-likeness (QED) is 0.150. The summed E-state index contributed by atoms with van der Waals surface area (Å²) in [7, 11) is 0. The summed E-state index contributed by atoms with van der Waals surface area (Å²) in [5.41, 5.74) is 11.7. The largest absolute Gasteiger partial charge is 0.310 e. The second kappa shape index (κ2) is 16.2. The van der Waals surface area contributed by atoms with Crippen LogP contribution in [0.5, 0.6) is 0 Å². The molecular weight excluding hydrogens is 829 g/mol. The Morgan fingerprint density at radius 2 is 0.672 bits per heavy atom. The van der Waals surface area contributed by atoms with Crippen molar-refractivity contribution in [2.45, 2.75) is 0 Å². The maximum Gasteiger partial charge on any atom is 0.0554 e. The lowest BCUT2D eigenvalue weighted by Gasteiger charge is -2.27. The van der Waals surface area contributed by atoms with Crippen LogP contribution in [0.1, 0.15) is 0 Å². The minimum Gasteiger partial charge on any atom is -0.310 e. The predicted octanol–water partition coefficient (Wildman–Crippen LogP) is 18.9. The highest BCUT2D eigenvalue weighted by atomic mass is 32.1. The first-order chi connectivity index (χ1) is 33.2. The van der Waals surface area contributed by atoms with Gasteiger partial charge in [-0.25, -0.2) is 0 Å². The van der Waals surface area contributed by atoms with Crippen LogP contribution < -0.4 is 9.80 Å². The van der Waals surface area contributed by atoms with Crippen LogP contribution in [0.3, 0.4) is 0 Å². The molecule has 3 heteroatoms. The number of para-hydroxylation sites is 2. The molecule has 0 saturated carbocycles. The first kappa shape index (κ1) is 38.9. The lowest BCUT2D eigenvalue weighted by molar-refractivity contribution is 1.29. The Balaban J connectivity index is 0.932. The minimum absolute atomic E-state index is 1.12. The Hall–Kier alpha value is -8.50. The second-order valence-corrected chi connectivity index (χ2v) is 18.4. The number of hydrogen-bond donors (Lipinski definition) is 0. The molecule has 0 fully saturated rings. The summed E-state index contributed by atoms with van der Waals surface area (Å²) >= 11 is 1.88. The first-order valence-electron chi connectivity index (χ1n) is 22.9. The lowest BCUT2D eigenvalue weighted by Crippen LogP contribution is -2.10. The van der Waals surface area contributed by atoms with Gasteiger partial charge in [0.25, 0.3) is 0 Å². The van der Waals surface area contributed by atoms with Gasteiger partial charge in [-0.1, -0.05) is 164 Å². The minimum atomic E-state index is 1.12. The second-order valence-electron chi connectivity index (χ2n) is 17.4. The molecule has 0 unspecified atom stereocenters. The Morgan fingerprint density at radius 3 is 1.24 bits per heavy atom. The molecule has 0 aliphatic heterocycles. The molecule has 1 heterocycles. The third-order valence-electron chi connectivity index (χ3n) is 13.3. The number of anilines is 6. The molecule has 1 aromatic heterocycles. The molecular formula is C64H42N2S. The van der Waals surface area contributed by atoms with Gasteiger partial charge in [-0.2, -0.15) is 0 Å². The first-order valence-corrected chi connectivity index (χ1v) is 23.7. The fourth-order valence-electron chi connectivity index (χ4n) is 10.1. The van der Waals surface area contributed by atoms with E-state index in [2.05, 4.69) is 265 Å². The molecule has 0 amide bonds. The standard InChI is InChI=1S/C64H42N2S/c1-5-15-43(16-6-1)45-25-27-49-37-55(32-29-47(49)35-45)65(53-19-9-3-10-20-53)56-33-31-51-40-60-62(41-52(51)39-56)67-63-42-61(58-23-13-14-24-59(58)64(60)63)66(54-21-11-4-12-22-54)57-34-30-48-36-46(26-28-50(48)38-57)44-17-7-2-8-18-44/h1-42H. The van der Waals surface area contributed by atoms with Crippen molar-refractivity contribution >= 4 is 109 Å². The number of hydrogen-bond acceptors (Lipinski definition) is 3. The van der Waals surface area contributed by atoms with Crippen molar-refractivity contribution in [3.8, 4) is 22.3 Å². The summed E-state index contributed by atoms with van der Waals surface area (Å²) in [6, 6.07) is 93.2. The average molecular weight is 871 g/mol. The summed E-state index contributed by atoms with van der Waals surface area (Å²) in [6.07, 6.45) is 0. The van der Waals surface area contributed by atoms with Crippen molar-refractivity contribution in [1.29, 1.82) is 0 Å². The lowest BCUT2D eigenvalue weighted by atomic mass is 9.98. The zero-order valence-electron chi connectivity index (χ0n) is 36.6. The zero-order chi connectivity index (χ0) is 44.3. The van der Waals surface area contributed by atoms with Gasteiger partial charge >= 0.3 is 0 Å². The number of fused-ring (bicyclic) bond motifs is 8. The zero-order valence-corrected chi connectivity index (χ0v) is 37.4. The molecule has 0 atom stereocenters. The van der Waals surface area contributed by atoms with Gasteiger partial charge in [-0.3, -0.25) is 0 Å². The predicted molar refractivity (Wildman–Crippen MR) is 290 cm³/mol. The maximum atomic E-state index is 2.44. The molecule has 2 nitrogen and oxygen atoms in total. The van der Waals surface area contributed by atoms with Crippen LogP contribution in [0, 0.1) is 0 Å². The van der Waals surface area contributed by atoms with Crippen molar-refractivity contribution in [3.63, 3.8) is 0 Å². The Labute approximate surface area is 393 Å². The Morgan fingerprint density at radius 1 is 0.239 bits per heavy atom. The van der Waals surface area contributed by atoms with Crippen LogP contribution in [0.15, 0.2) is 255 Å². The van der Waals surface area contributed by atoms with Gasteiger partial charge in [0.2, 0.25) is 0 Å². The number of thiophene rings is 1. The highest BCUT2D eigenvalue weighted by Gasteiger charge is 2.21. The van der Waals surface area contributed by atoms with Crippen LogP contribution in [0.4, 0.5) is 34.1 Å². The van der Waals surface area contributed by atoms with E-state index in [1.165, 1.54) is 85.5 Å². The molecule has 0 bridgehead atoms.